The molecule has 0 aliphatic carbocycles. The number of rotatable bonds is 6. The Morgan fingerprint density at radius 3 is 2.71 bits per heavy atom. The Kier molecular flexibility index (Phi) is 5.39. The fraction of sp³-hybridized carbons (Fsp3) is 0.909. The van der Waals surface area contributed by atoms with Gasteiger partial charge in [-0.1, -0.05) is 6.92 Å². The monoisotopic (exact) mass is 262 g/mol. The Bertz CT molecular complexity index is 354. The van der Waals surface area contributed by atoms with Crippen LogP contribution in [0.1, 0.15) is 26.7 Å². The maximum atomic E-state index is 11.5. The summed E-state index contributed by atoms with van der Waals surface area (Å²) < 4.78 is 22.5. The van der Waals surface area contributed by atoms with Crippen molar-refractivity contribution in [2.24, 2.45) is 5.92 Å². The third-order valence-electron chi connectivity index (χ3n) is 2.98. The lowest BCUT2D eigenvalue weighted by Crippen LogP contribution is -2.44. The van der Waals surface area contributed by atoms with E-state index in [1.54, 1.807) is 6.92 Å². The molecule has 1 amide bonds. The lowest BCUT2D eigenvalue weighted by molar-refractivity contribution is -0.122. The van der Waals surface area contributed by atoms with Gasteiger partial charge in [-0.25, -0.2) is 8.42 Å². The van der Waals surface area contributed by atoms with E-state index >= 15 is 0 Å². The second kappa shape index (κ2) is 6.35. The molecule has 0 spiro atoms. The maximum absolute atomic E-state index is 11.5. The first-order valence-corrected chi connectivity index (χ1v) is 7.98. The van der Waals surface area contributed by atoms with Gasteiger partial charge in [0.15, 0.2) is 9.84 Å². The smallest absolute Gasteiger partial charge is 0.236 e. The van der Waals surface area contributed by atoms with Crippen LogP contribution in [0.15, 0.2) is 0 Å². The number of carbonyl (C=O) groups is 1. The average molecular weight is 262 g/mol. The van der Waals surface area contributed by atoms with Gasteiger partial charge >= 0.3 is 0 Å². The zero-order chi connectivity index (χ0) is 12.9. The van der Waals surface area contributed by atoms with Crippen molar-refractivity contribution in [1.82, 2.24) is 10.6 Å². The highest BCUT2D eigenvalue weighted by Gasteiger charge is 2.28. The Labute approximate surface area is 103 Å². The summed E-state index contributed by atoms with van der Waals surface area (Å²) >= 11 is 0. The standard InChI is InChI=1S/C11H22N2O3S/c1-3-5-12-11(14)9(2)13-7-10-4-6-17(15,16)8-10/h9-10,13H,3-8H2,1-2H3,(H,12,14). The summed E-state index contributed by atoms with van der Waals surface area (Å²) in [6.07, 6.45) is 1.62. The van der Waals surface area contributed by atoms with Crippen LogP contribution in [0.4, 0.5) is 0 Å². The van der Waals surface area contributed by atoms with Crippen LogP contribution < -0.4 is 10.6 Å². The quantitative estimate of drug-likeness (QED) is 0.702. The molecule has 6 heteroatoms. The molecule has 2 atom stereocenters. The zero-order valence-corrected chi connectivity index (χ0v) is 11.3. The molecule has 17 heavy (non-hydrogen) atoms. The minimum atomic E-state index is -2.82. The van der Waals surface area contributed by atoms with Crippen LogP contribution in [-0.2, 0) is 14.6 Å². The van der Waals surface area contributed by atoms with Crippen molar-refractivity contribution in [2.45, 2.75) is 32.7 Å². The van der Waals surface area contributed by atoms with Crippen LogP contribution in [0.25, 0.3) is 0 Å². The average Bonchev–Trinajstić information content (AvgIpc) is 2.62. The van der Waals surface area contributed by atoms with Gasteiger partial charge in [-0.15, -0.1) is 0 Å². The maximum Gasteiger partial charge on any atom is 0.236 e. The second-order valence-electron chi connectivity index (χ2n) is 4.69. The van der Waals surface area contributed by atoms with Gasteiger partial charge in [0.25, 0.3) is 0 Å². The summed E-state index contributed by atoms with van der Waals surface area (Å²) in [6, 6.07) is -0.259. The van der Waals surface area contributed by atoms with Crippen LogP contribution in [0, 0.1) is 5.92 Å². The summed E-state index contributed by atoms with van der Waals surface area (Å²) in [7, 11) is -2.82. The van der Waals surface area contributed by atoms with Crippen molar-refractivity contribution in [1.29, 1.82) is 0 Å². The molecular formula is C11H22N2O3S. The van der Waals surface area contributed by atoms with Crippen molar-refractivity contribution >= 4 is 15.7 Å². The highest BCUT2D eigenvalue weighted by molar-refractivity contribution is 7.91. The lowest BCUT2D eigenvalue weighted by Gasteiger charge is -2.16. The fourth-order valence-corrected chi connectivity index (χ4v) is 3.73. The van der Waals surface area contributed by atoms with E-state index in [4.69, 9.17) is 0 Å². The first kappa shape index (κ1) is 14.4. The summed E-state index contributed by atoms with van der Waals surface area (Å²) in [5, 5.41) is 5.90. The molecule has 0 bridgehead atoms. The Morgan fingerprint density at radius 2 is 2.18 bits per heavy atom. The van der Waals surface area contributed by atoms with Gasteiger partial charge in [0.1, 0.15) is 0 Å². The van der Waals surface area contributed by atoms with Gasteiger partial charge < -0.3 is 10.6 Å². The normalized spacial score (nSPS) is 24.5. The molecule has 0 aromatic heterocycles. The Balaban J connectivity index is 2.24. The Morgan fingerprint density at radius 1 is 1.47 bits per heavy atom. The molecule has 1 rings (SSSR count). The van der Waals surface area contributed by atoms with Gasteiger partial charge in [-0.05, 0) is 32.2 Å². The third kappa shape index (κ3) is 5.04. The molecule has 0 radical (unpaired) electrons. The van der Waals surface area contributed by atoms with Crippen molar-refractivity contribution in [3.05, 3.63) is 0 Å². The van der Waals surface area contributed by atoms with E-state index in [0.29, 0.717) is 19.5 Å². The number of hydrogen-bond donors (Lipinski definition) is 2. The highest BCUT2D eigenvalue weighted by Crippen LogP contribution is 2.17. The fourth-order valence-electron chi connectivity index (χ4n) is 1.87. The van der Waals surface area contributed by atoms with Crippen LogP contribution in [0.5, 0.6) is 0 Å². The van der Waals surface area contributed by atoms with E-state index in [-0.39, 0.29) is 29.4 Å². The molecule has 0 aromatic carbocycles. The Hall–Kier alpha value is -0.620. The van der Waals surface area contributed by atoms with Crippen LogP contribution in [0.3, 0.4) is 0 Å². The van der Waals surface area contributed by atoms with Crippen LogP contribution in [-0.4, -0.2) is 45.0 Å². The molecule has 0 saturated carbocycles. The van der Waals surface area contributed by atoms with Gasteiger partial charge in [-0.3, -0.25) is 4.79 Å². The van der Waals surface area contributed by atoms with Crippen LogP contribution in [0.2, 0.25) is 0 Å². The van der Waals surface area contributed by atoms with E-state index in [0.717, 1.165) is 6.42 Å². The molecule has 1 aliphatic rings. The predicted molar refractivity (Wildman–Crippen MR) is 67.5 cm³/mol. The number of sulfone groups is 1. The van der Waals surface area contributed by atoms with Gasteiger partial charge in [0.2, 0.25) is 5.91 Å². The molecular weight excluding hydrogens is 240 g/mol. The number of hydrogen-bond acceptors (Lipinski definition) is 4. The van der Waals surface area contributed by atoms with Gasteiger partial charge in [0.05, 0.1) is 17.5 Å². The van der Waals surface area contributed by atoms with E-state index in [2.05, 4.69) is 10.6 Å². The zero-order valence-electron chi connectivity index (χ0n) is 10.5. The molecule has 100 valence electrons. The minimum Gasteiger partial charge on any atom is -0.355 e. The number of amides is 1. The van der Waals surface area contributed by atoms with E-state index in [1.165, 1.54) is 0 Å². The number of nitrogens with one attached hydrogen (secondary N) is 2. The molecule has 2 N–H and O–H groups in total. The van der Waals surface area contributed by atoms with Gasteiger partial charge in [-0.2, -0.15) is 0 Å². The van der Waals surface area contributed by atoms with E-state index < -0.39 is 9.84 Å². The topological polar surface area (TPSA) is 75.3 Å². The molecule has 1 heterocycles. The summed E-state index contributed by atoms with van der Waals surface area (Å²) in [4.78, 5) is 11.5. The lowest BCUT2D eigenvalue weighted by atomic mass is 10.1. The SMILES string of the molecule is CCCNC(=O)C(C)NCC1CCS(=O)(=O)C1. The van der Waals surface area contributed by atoms with Crippen molar-refractivity contribution in [3.8, 4) is 0 Å². The second-order valence-corrected chi connectivity index (χ2v) is 6.92. The van der Waals surface area contributed by atoms with Crippen molar-refractivity contribution in [3.63, 3.8) is 0 Å². The molecule has 1 fully saturated rings. The molecule has 1 saturated heterocycles. The molecule has 1 aliphatic heterocycles. The molecule has 2 unspecified atom stereocenters. The van der Waals surface area contributed by atoms with E-state index in [9.17, 15) is 13.2 Å². The predicted octanol–water partition coefficient (Wildman–Crippen LogP) is -0.0746. The van der Waals surface area contributed by atoms with Crippen molar-refractivity contribution < 1.29 is 13.2 Å². The largest absolute Gasteiger partial charge is 0.355 e. The van der Waals surface area contributed by atoms with Crippen LogP contribution >= 0.6 is 0 Å². The van der Waals surface area contributed by atoms with Gasteiger partial charge in [0, 0.05) is 6.54 Å². The summed E-state index contributed by atoms with van der Waals surface area (Å²) in [5.41, 5.74) is 0. The third-order valence-corrected chi connectivity index (χ3v) is 4.82. The first-order valence-electron chi connectivity index (χ1n) is 6.16. The number of carbonyl (C=O) groups excluding carboxylic acids is 1. The minimum absolute atomic E-state index is 0.0206. The first-order chi connectivity index (χ1) is 7.94. The summed E-state index contributed by atoms with van der Waals surface area (Å²) in [5.74, 6) is 0.674. The highest BCUT2D eigenvalue weighted by atomic mass is 32.2. The molecule has 0 aromatic rings. The summed E-state index contributed by atoms with van der Waals surface area (Å²) in [6.45, 7) is 5.08. The molecule has 5 nitrogen and oxygen atoms in total. The van der Waals surface area contributed by atoms with E-state index in [1.807, 2.05) is 6.92 Å². The van der Waals surface area contributed by atoms with Crippen molar-refractivity contribution in [2.75, 3.05) is 24.6 Å².